The zero-order chi connectivity index (χ0) is 19.6. The summed E-state index contributed by atoms with van der Waals surface area (Å²) in [5.41, 5.74) is 3.49. The van der Waals surface area contributed by atoms with E-state index in [0.29, 0.717) is 19.4 Å². The van der Waals surface area contributed by atoms with Crippen molar-refractivity contribution in [3.05, 3.63) is 53.6 Å². The summed E-state index contributed by atoms with van der Waals surface area (Å²) >= 11 is 0. The van der Waals surface area contributed by atoms with Gasteiger partial charge in [-0.1, -0.05) is 18.2 Å². The molecule has 1 amide bonds. The van der Waals surface area contributed by atoms with Gasteiger partial charge in [-0.15, -0.1) is 0 Å². The molecule has 0 spiro atoms. The Morgan fingerprint density at radius 2 is 1.74 bits per heavy atom. The lowest BCUT2D eigenvalue weighted by Gasteiger charge is -2.25. The molecule has 0 aliphatic carbocycles. The van der Waals surface area contributed by atoms with Crippen molar-refractivity contribution in [2.75, 3.05) is 38.8 Å². The van der Waals surface area contributed by atoms with Gasteiger partial charge in [-0.2, -0.15) is 0 Å². The summed E-state index contributed by atoms with van der Waals surface area (Å²) < 4.78 is 10.5. The number of hydrogen-bond donors (Lipinski definition) is 1. The number of methoxy groups -OCH3 is 2. The highest BCUT2D eigenvalue weighted by atomic mass is 16.5. The van der Waals surface area contributed by atoms with Crippen LogP contribution in [0.2, 0.25) is 0 Å². The lowest BCUT2D eigenvalue weighted by Crippen LogP contribution is -2.35. The molecule has 0 bridgehead atoms. The molecule has 27 heavy (non-hydrogen) atoms. The van der Waals surface area contributed by atoms with E-state index in [0.717, 1.165) is 30.2 Å². The summed E-state index contributed by atoms with van der Waals surface area (Å²) in [7, 11) is 3.25. The molecule has 1 N–H and O–H groups in total. The van der Waals surface area contributed by atoms with Gasteiger partial charge in [-0.05, 0) is 49.6 Å². The molecule has 0 aromatic heterocycles. The zero-order valence-corrected chi connectivity index (χ0v) is 16.7. The van der Waals surface area contributed by atoms with Gasteiger partial charge in [0.05, 0.1) is 14.2 Å². The van der Waals surface area contributed by atoms with Gasteiger partial charge >= 0.3 is 0 Å². The zero-order valence-electron chi connectivity index (χ0n) is 16.7. The Bertz CT molecular complexity index is 724. The predicted octanol–water partition coefficient (Wildman–Crippen LogP) is 3.59. The summed E-state index contributed by atoms with van der Waals surface area (Å²) in [4.78, 5) is 14.5. The van der Waals surface area contributed by atoms with Crippen molar-refractivity contribution >= 4 is 11.6 Å². The quantitative estimate of drug-likeness (QED) is 0.694. The number of carbonyl (C=O) groups excluding carboxylic acids is 1. The van der Waals surface area contributed by atoms with Gasteiger partial charge in [0.15, 0.2) is 0 Å². The molecule has 0 aliphatic heterocycles. The van der Waals surface area contributed by atoms with Crippen LogP contribution in [0.25, 0.3) is 0 Å². The van der Waals surface area contributed by atoms with Crippen molar-refractivity contribution in [2.24, 2.45) is 0 Å². The lowest BCUT2D eigenvalue weighted by molar-refractivity contribution is -0.121. The molecule has 0 radical (unpaired) electrons. The van der Waals surface area contributed by atoms with E-state index in [9.17, 15) is 4.79 Å². The summed E-state index contributed by atoms with van der Waals surface area (Å²) in [6.07, 6.45) is 1.08. The van der Waals surface area contributed by atoms with Gasteiger partial charge in [-0.25, -0.2) is 0 Å². The Hall–Kier alpha value is -2.69. The van der Waals surface area contributed by atoms with Gasteiger partial charge in [0, 0.05) is 37.8 Å². The number of anilines is 1. The second-order valence-corrected chi connectivity index (χ2v) is 6.44. The second kappa shape index (κ2) is 10.5. The number of ether oxygens (including phenoxy) is 2. The van der Waals surface area contributed by atoms with Gasteiger partial charge < -0.3 is 19.7 Å². The third kappa shape index (κ3) is 6.20. The normalized spacial score (nSPS) is 10.4. The molecule has 0 aliphatic rings. The largest absolute Gasteiger partial charge is 0.497 e. The average Bonchev–Trinajstić information content (AvgIpc) is 2.70. The van der Waals surface area contributed by atoms with Crippen LogP contribution in [-0.2, 0) is 11.2 Å². The molecule has 5 heteroatoms. The maximum atomic E-state index is 12.2. The average molecular weight is 370 g/mol. The van der Waals surface area contributed by atoms with E-state index in [1.807, 2.05) is 30.3 Å². The topological polar surface area (TPSA) is 50.8 Å². The molecule has 0 atom stereocenters. The van der Waals surface area contributed by atoms with E-state index < -0.39 is 0 Å². The number of nitrogens with one attached hydrogen (secondary N) is 1. The van der Waals surface area contributed by atoms with Crippen molar-refractivity contribution in [2.45, 2.75) is 26.7 Å². The number of carbonyl (C=O) groups is 1. The Morgan fingerprint density at radius 3 is 2.33 bits per heavy atom. The number of para-hydroxylation sites is 1. The maximum Gasteiger partial charge on any atom is 0.220 e. The first-order chi connectivity index (χ1) is 13.1. The van der Waals surface area contributed by atoms with Crippen LogP contribution < -0.4 is 19.7 Å². The first-order valence-electron chi connectivity index (χ1n) is 9.36. The standard InChI is InChI=1S/C22H30N2O3/c1-5-24(21-9-7-6-8-17(21)2)13-12-23-22(25)11-10-18-14-19(26-3)16-20(15-18)27-4/h6-9,14-16H,5,10-13H2,1-4H3,(H,23,25). The fraction of sp³-hybridized carbons (Fsp3) is 0.409. The van der Waals surface area contributed by atoms with E-state index in [1.165, 1.54) is 11.3 Å². The first-order valence-corrected chi connectivity index (χ1v) is 9.36. The number of rotatable bonds is 10. The predicted molar refractivity (Wildman–Crippen MR) is 110 cm³/mol. The molecule has 2 aromatic carbocycles. The van der Waals surface area contributed by atoms with Crippen molar-refractivity contribution in [3.8, 4) is 11.5 Å². The Kier molecular flexibility index (Phi) is 7.99. The number of aryl methyl sites for hydroxylation is 2. The van der Waals surface area contributed by atoms with Crippen LogP contribution in [0.1, 0.15) is 24.5 Å². The second-order valence-electron chi connectivity index (χ2n) is 6.44. The molecule has 146 valence electrons. The molecule has 2 aromatic rings. The summed E-state index contributed by atoms with van der Waals surface area (Å²) in [6.45, 7) is 6.57. The molecule has 0 saturated heterocycles. The molecule has 0 unspecified atom stereocenters. The summed E-state index contributed by atoms with van der Waals surface area (Å²) in [5.74, 6) is 1.53. The van der Waals surface area contributed by atoms with Crippen LogP contribution in [-0.4, -0.2) is 39.8 Å². The van der Waals surface area contributed by atoms with Crippen LogP contribution in [0.15, 0.2) is 42.5 Å². The highest BCUT2D eigenvalue weighted by molar-refractivity contribution is 5.76. The van der Waals surface area contributed by atoms with Crippen molar-refractivity contribution < 1.29 is 14.3 Å². The molecular formula is C22H30N2O3. The number of hydrogen-bond acceptors (Lipinski definition) is 4. The SMILES string of the molecule is CCN(CCNC(=O)CCc1cc(OC)cc(OC)c1)c1ccccc1C. The highest BCUT2D eigenvalue weighted by Gasteiger charge is 2.09. The highest BCUT2D eigenvalue weighted by Crippen LogP contribution is 2.23. The van der Waals surface area contributed by atoms with Crippen molar-refractivity contribution in [1.82, 2.24) is 5.32 Å². The smallest absolute Gasteiger partial charge is 0.220 e. The molecule has 5 nitrogen and oxygen atoms in total. The monoisotopic (exact) mass is 370 g/mol. The minimum absolute atomic E-state index is 0.0534. The van der Waals surface area contributed by atoms with Crippen LogP contribution in [0.4, 0.5) is 5.69 Å². The lowest BCUT2D eigenvalue weighted by atomic mass is 10.1. The van der Waals surface area contributed by atoms with E-state index >= 15 is 0 Å². The van der Waals surface area contributed by atoms with E-state index in [4.69, 9.17) is 9.47 Å². The van der Waals surface area contributed by atoms with E-state index in [1.54, 1.807) is 14.2 Å². The molecule has 0 saturated carbocycles. The number of benzene rings is 2. The number of amides is 1. The minimum atomic E-state index is 0.0534. The first kappa shape index (κ1) is 20.6. The molecule has 0 fully saturated rings. The molecule has 0 heterocycles. The molecular weight excluding hydrogens is 340 g/mol. The van der Waals surface area contributed by atoms with E-state index in [-0.39, 0.29) is 5.91 Å². The fourth-order valence-corrected chi connectivity index (χ4v) is 3.05. The van der Waals surface area contributed by atoms with Crippen molar-refractivity contribution in [1.29, 1.82) is 0 Å². The Balaban J connectivity index is 1.82. The minimum Gasteiger partial charge on any atom is -0.497 e. The Labute approximate surface area is 162 Å². The van der Waals surface area contributed by atoms with Gasteiger partial charge in [0.1, 0.15) is 11.5 Å². The van der Waals surface area contributed by atoms with Crippen LogP contribution in [0, 0.1) is 6.92 Å². The number of nitrogens with zero attached hydrogens (tertiary/aromatic N) is 1. The third-order valence-electron chi connectivity index (χ3n) is 4.59. The van der Waals surface area contributed by atoms with Gasteiger partial charge in [0.25, 0.3) is 0 Å². The van der Waals surface area contributed by atoms with Crippen LogP contribution in [0.3, 0.4) is 0 Å². The molecule has 2 rings (SSSR count). The summed E-state index contributed by atoms with van der Waals surface area (Å²) in [5, 5.41) is 3.02. The van der Waals surface area contributed by atoms with E-state index in [2.05, 4.69) is 36.2 Å². The summed E-state index contributed by atoms with van der Waals surface area (Å²) in [6, 6.07) is 14.0. The number of likely N-dealkylation sites (N-methyl/N-ethyl adjacent to an activating group) is 1. The van der Waals surface area contributed by atoms with Gasteiger partial charge in [0.2, 0.25) is 5.91 Å². The maximum absolute atomic E-state index is 12.2. The van der Waals surface area contributed by atoms with Gasteiger partial charge in [-0.3, -0.25) is 4.79 Å². The van der Waals surface area contributed by atoms with Crippen molar-refractivity contribution in [3.63, 3.8) is 0 Å². The van der Waals surface area contributed by atoms with Crippen LogP contribution >= 0.6 is 0 Å². The Morgan fingerprint density at radius 1 is 1.07 bits per heavy atom. The fourth-order valence-electron chi connectivity index (χ4n) is 3.05. The third-order valence-corrected chi connectivity index (χ3v) is 4.59. The van der Waals surface area contributed by atoms with Crippen LogP contribution in [0.5, 0.6) is 11.5 Å².